The lowest BCUT2D eigenvalue weighted by Crippen LogP contribution is -2.41. The molecular formula is C19H26FIN6. The fourth-order valence-electron chi connectivity index (χ4n) is 3.61. The molecule has 2 N–H and O–H groups in total. The molecule has 6 nitrogen and oxygen atoms in total. The average molecular weight is 484 g/mol. The SMILES string of the molecule is CCNC(=NCc1nnc2n1CCC2)NCC1(c2cccc(F)c2)CC1.I. The number of nitrogens with one attached hydrogen (secondary N) is 2. The Hall–Kier alpha value is -1.71. The standard InChI is InChI=1S/C19H25FN6.HI/c1-2-21-18(22-12-17-25-24-16-7-4-10-26(16)17)23-13-19(8-9-19)14-5-3-6-15(20)11-14;/h3,5-6,11H,2,4,7-10,12-13H2,1H3,(H2,21,22,23);1H. The van der Waals surface area contributed by atoms with E-state index in [9.17, 15) is 4.39 Å². The van der Waals surface area contributed by atoms with Gasteiger partial charge in [0, 0.05) is 31.5 Å². The van der Waals surface area contributed by atoms with E-state index < -0.39 is 0 Å². The van der Waals surface area contributed by atoms with E-state index >= 15 is 0 Å². The van der Waals surface area contributed by atoms with Crippen LogP contribution < -0.4 is 10.6 Å². The molecule has 0 radical (unpaired) electrons. The highest BCUT2D eigenvalue weighted by molar-refractivity contribution is 14.0. The Morgan fingerprint density at radius 1 is 1.30 bits per heavy atom. The predicted molar refractivity (Wildman–Crippen MR) is 114 cm³/mol. The minimum absolute atomic E-state index is 0. The zero-order valence-electron chi connectivity index (χ0n) is 15.5. The highest BCUT2D eigenvalue weighted by Crippen LogP contribution is 2.47. The molecule has 4 rings (SSSR count). The van der Waals surface area contributed by atoms with Crippen molar-refractivity contribution >= 4 is 29.9 Å². The van der Waals surface area contributed by atoms with Crippen molar-refractivity contribution in [3.05, 3.63) is 47.3 Å². The summed E-state index contributed by atoms with van der Waals surface area (Å²) in [4.78, 5) is 4.67. The zero-order valence-corrected chi connectivity index (χ0v) is 17.9. The summed E-state index contributed by atoms with van der Waals surface area (Å²) < 4.78 is 15.7. The topological polar surface area (TPSA) is 67.1 Å². The van der Waals surface area contributed by atoms with Crippen LogP contribution >= 0.6 is 24.0 Å². The first-order valence-electron chi connectivity index (χ1n) is 9.39. The zero-order chi connectivity index (χ0) is 18.0. The highest BCUT2D eigenvalue weighted by Gasteiger charge is 2.44. The molecule has 0 saturated heterocycles. The van der Waals surface area contributed by atoms with E-state index in [0.29, 0.717) is 6.54 Å². The number of nitrogens with zero attached hydrogens (tertiary/aromatic N) is 4. The largest absolute Gasteiger partial charge is 0.357 e. The van der Waals surface area contributed by atoms with Gasteiger partial charge in [-0.3, -0.25) is 0 Å². The molecule has 1 saturated carbocycles. The van der Waals surface area contributed by atoms with Crippen LogP contribution in [0, 0.1) is 5.82 Å². The summed E-state index contributed by atoms with van der Waals surface area (Å²) in [5, 5.41) is 15.2. The first-order valence-corrected chi connectivity index (χ1v) is 9.39. The molecule has 1 aliphatic carbocycles. The first-order chi connectivity index (χ1) is 12.7. The second-order valence-corrected chi connectivity index (χ2v) is 7.13. The molecule has 146 valence electrons. The average Bonchev–Trinajstić information content (AvgIpc) is 3.11. The van der Waals surface area contributed by atoms with Gasteiger partial charge in [-0.05, 0) is 43.9 Å². The Bertz CT molecular complexity index is 814. The quantitative estimate of drug-likeness (QED) is 0.376. The first kappa shape index (κ1) is 20.0. The summed E-state index contributed by atoms with van der Waals surface area (Å²) in [7, 11) is 0. The summed E-state index contributed by atoms with van der Waals surface area (Å²) in [5.41, 5.74) is 1.09. The third-order valence-electron chi connectivity index (χ3n) is 5.29. The summed E-state index contributed by atoms with van der Waals surface area (Å²) in [5.74, 6) is 2.58. The van der Waals surface area contributed by atoms with Gasteiger partial charge in [0.05, 0.1) is 0 Å². The van der Waals surface area contributed by atoms with Crippen molar-refractivity contribution in [3.8, 4) is 0 Å². The van der Waals surface area contributed by atoms with Crippen molar-refractivity contribution in [2.45, 2.75) is 51.1 Å². The van der Waals surface area contributed by atoms with E-state index in [1.165, 1.54) is 6.07 Å². The van der Waals surface area contributed by atoms with Crippen LogP contribution in [-0.2, 0) is 24.9 Å². The monoisotopic (exact) mass is 484 g/mol. The Kier molecular flexibility index (Phi) is 6.33. The summed E-state index contributed by atoms with van der Waals surface area (Å²) in [6, 6.07) is 6.95. The second kappa shape index (κ2) is 8.53. The number of aryl methyl sites for hydroxylation is 1. The van der Waals surface area contributed by atoms with Crippen LogP contribution in [0.4, 0.5) is 4.39 Å². The number of hydrogen-bond acceptors (Lipinski definition) is 3. The number of guanidine groups is 1. The molecule has 0 bridgehead atoms. The molecule has 0 amide bonds. The normalized spacial score (nSPS) is 17.2. The van der Waals surface area contributed by atoms with Gasteiger partial charge in [0.1, 0.15) is 18.2 Å². The molecule has 1 aromatic carbocycles. The van der Waals surface area contributed by atoms with Crippen LogP contribution in [0.3, 0.4) is 0 Å². The lowest BCUT2D eigenvalue weighted by Gasteiger charge is -2.19. The number of hydrogen-bond donors (Lipinski definition) is 2. The Labute approximate surface area is 176 Å². The predicted octanol–water partition coefficient (Wildman–Crippen LogP) is 2.77. The van der Waals surface area contributed by atoms with Crippen molar-refractivity contribution in [2.24, 2.45) is 4.99 Å². The van der Waals surface area contributed by atoms with Gasteiger partial charge in [-0.1, -0.05) is 12.1 Å². The van der Waals surface area contributed by atoms with Gasteiger partial charge in [0.15, 0.2) is 11.8 Å². The van der Waals surface area contributed by atoms with Crippen LogP contribution in [-0.4, -0.2) is 33.8 Å². The fraction of sp³-hybridized carbons (Fsp3) is 0.526. The van der Waals surface area contributed by atoms with Crippen molar-refractivity contribution in [1.82, 2.24) is 25.4 Å². The second-order valence-electron chi connectivity index (χ2n) is 7.13. The maximum atomic E-state index is 13.6. The smallest absolute Gasteiger partial charge is 0.191 e. The summed E-state index contributed by atoms with van der Waals surface area (Å²) in [6.45, 7) is 5.08. The Morgan fingerprint density at radius 2 is 2.15 bits per heavy atom. The van der Waals surface area contributed by atoms with Gasteiger partial charge in [-0.15, -0.1) is 34.2 Å². The van der Waals surface area contributed by atoms with Gasteiger partial charge in [0.25, 0.3) is 0 Å². The lowest BCUT2D eigenvalue weighted by atomic mass is 9.96. The fourth-order valence-corrected chi connectivity index (χ4v) is 3.61. The molecule has 0 atom stereocenters. The molecule has 1 aliphatic heterocycles. The molecule has 0 spiro atoms. The highest BCUT2D eigenvalue weighted by atomic mass is 127. The molecular weight excluding hydrogens is 458 g/mol. The van der Waals surface area contributed by atoms with Crippen LogP contribution in [0.5, 0.6) is 0 Å². The van der Waals surface area contributed by atoms with E-state index in [0.717, 1.165) is 68.5 Å². The molecule has 1 aromatic heterocycles. The molecule has 8 heteroatoms. The van der Waals surface area contributed by atoms with Gasteiger partial charge in [-0.2, -0.15) is 0 Å². The Morgan fingerprint density at radius 3 is 2.89 bits per heavy atom. The number of fused-ring (bicyclic) bond motifs is 1. The number of aliphatic imine (C=N–C) groups is 1. The van der Waals surface area contributed by atoms with E-state index in [1.54, 1.807) is 12.1 Å². The Balaban J connectivity index is 0.00000210. The van der Waals surface area contributed by atoms with Crippen molar-refractivity contribution < 1.29 is 4.39 Å². The molecule has 2 aliphatic rings. The maximum absolute atomic E-state index is 13.6. The third-order valence-corrected chi connectivity index (χ3v) is 5.29. The molecule has 1 fully saturated rings. The van der Waals surface area contributed by atoms with Crippen molar-refractivity contribution in [3.63, 3.8) is 0 Å². The van der Waals surface area contributed by atoms with E-state index in [4.69, 9.17) is 0 Å². The molecule has 2 aromatic rings. The minimum atomic E-state index is -0.171. The number of halogens is 2. The van der Waals surface area contributed by atoms with Crippen LogP contribution in [0.15, 0.2) is 29.3 Å². The van der Waals surface area contributed by atoms with E-state index in [-0.39, 0.29) is 35.2 Å². The third kappa shape index (κ3) is 4.41. The van der Waals surface area contributed by atoms with Gasteiger partial charge in [0.2, 0.25) is 0 Å². The van der Waals surface area contributed by atoms with Gasteiger partial charge in [-0.25, -0.2) is 9.38 Å². The van der Waals surface area contributed by atoms with Crippen molar-refractivity contribution in [1.29, 1.82) is 0 Å². The summed E-state index contributed by atoms with van der Waals surface area (Å²) in [6.07, 6.45) is 4.28. The maximum Gasteiger partial charge on any atom is 0.191 e. The van der Waals surface area contributed by atoms with E-state index in [1.807, 2.05) is 13.0 Å². The number of rotatable bonds is 6. The van der Waals surface area contributed by atoms with Crippen LogP contribution in [0.1, 0.15) is 43.4 Å². The van der Waals surface area contributed by atoms with Gasteiger partial charge < -0.3 is 15.2 Å². The number of aromatic nitrogens is 3. The molecule has 27 heavy (non-hydrogen) atoms. The van der Waals surface area contributed by atoms with Gasteiger partial charge >= 0.3 is 0 Å². The van der Waals surface area contributed by atoms with Crippen LogP contribution in [0.25, 0.3) is 0 Å². The molecule has 2 heterocycles. The van der Waals surface area contributed by atoms with E-state index in [2.05, 4.69) is 30.4 Å². The molecule has 0 unspecified atom stereocenters. The van der Waals surface area contributed by atoms with Crippen LogP contribution in [0.2, 0.25) is 0 Å². The summed E-state index contributed by atoms with van der Waals surface area (Å²) >= 11 is 0. The van der Waals surface area contributed by atoms with Crippen molar-refractivity contribution in [2.75, 3.05) is 13.1 Å². The number of benzene rings is 1. The minimum Gasteiger partial charge on any atom is -0.357 e. The lowest BCUT2D eigenvalue weighted by molar-refractivity contribution is 0.606.